The van der Waals surface area contributed by atoms with Crippen molar-refractivity contribution in [3.05, 3.63) is 47.0 Å². The molecule has 27 heavy (non-hydrogen) atoms. The van der Waals surface area contributed by atoms with Gasteiger partial charge >= 0.3 is 13.1 Å². The Balaban J connectivity index is 1.85. The molecule has 0 aliphatic carbocycles. The first-order chi connectivity index (χ1) is 13.0. The Labute approximate surface area is 155 Å². The second-order valence-electron chi connectivity index (χ2n) is 6.02. The number of carbonyl (C=O) groups excluding carboxylic acids is 3. The van der Waals surface area contributed by atoms with Crippen molar-refractivity contribution >= 4 is 30.7 Å². The average molecular weight is 371 g/mol. The van der Waals surface area contributed by atoms with Gasteiger partial charge < -0.3 is 24.3 Å². The molecule has 9 nitrogen and oxygen atoms in total. The number of ether oxygens (including phenoxy) is 1. The summed E-state index contributed by atoms with van der Waals surface area (Å²) >= 11 is 0. The van der Waals surface area contributed by atoms with Gasteiger partial charge in [0.1, 0.15) is 6.29 Å². The molecule has 1 aliphatic rings. The molecule has 2 heterocycles. The number of aromatic nitrogens is 2. The summed E-state index contributed by atoms with van der Waals surface area (Å²) in [7, 11) is -1.80. The van der Waals surface area contributed by atoms with Crippen LogP contribution in [0.2, 0.25) is 0 Å². The first-order valence-corrected chi connectivity index (χ1v) is 8.42. The Kier molecular flexibility index (Phi) is 5.38. The van der Waals surface area contributed by atoms with Crippen molar-refractivity contribution < 1.29 is 29.2 Å². The molecule has 2 aromatic rings. The van der Waals surface area contributed by atoms with E-state index in [9.17, 15) is 24.4 Å². The molecule has 140 valence electrons. The topological polar surface area (TPSA) is 122 Å². The zero-order valence-corrected chi connectivity index (χ0v) is 14.7. The number of carbonyl (C=O) groups is 3. The van der Waals surface area contributed by atoms with Crippen LogP contribution in [-0.4, -0.2) is 62.9 Å². The summed E-state index contributed by atoms with van der Waals surface area (Å²) in [5.41, 5.74) is 1.08. The molecule has 0 saturated heterocycles. The summed E-state index contributed by atoms with van der Waals surface area (Å²) in [6.45, 7) is 2.99. The molecule has 1 aromatic heterocycles. The lowest BCUT2D eigenvalue weighted by molar-refractivity contribution is 0.0511. The fourth-order valence-electron chi connectivity index (χ4n) is 3.03. The van der Waals surface area contributed by atoms with Gasteiger partial charge in [-0.15, -0.1) is 0 Å². The molecule has 0 spiro atoms. The maximum Gasteiger partial charge on any atom is 0.489 e. The maximum atomic E-state index is 12.8. The van der Waals surface area contributed by atoms with Gasteiger partial charge in [0, 0.05) is 24.2 Å². The van der Waals surface area contributed by atoms with E-state index in [2.05, 4.69) is 4.98 Å². The van der Waals surface area contributed by atoms with Crippen molar-refractivity contribution in [1.29, 1.82) is 0 Å². The molecule has 0 radical (unpaired) electrons. The van der Waals surface area contributed by atoms with Crippen LogP contribution >= 0.6 is 0 Å². The molecule has 1 amide bonds. The van der Waals surface area contributed by atoms with E-state index in [1.807, 2.05) is 0 Å². The van der Waals surface area contributed by atoms with Crippen LogP contribution in [0.4, 0.5) is 0 Å². The highest BCUT2D eigenvalue weighted by molar-refractivity contribution is 6.60. The van der Waals surface area contributed by atoms with E-state index < -0.39 is 13.1 Å². The molecular formula is C17H18BN3O6. The van der Waals surface area contributed by atoms with Crippen molar-refractivity contribution in [2.75, 3.05) is 13.2 Å². The molecule has 10 heteroatoms. The largest absolute Gasteiger partial charge is 0.489 e. The Morgan fingerprint density at radius 3 is 2.78 bits per heavy atom. The summed E-state index contributed by atoms with van der Waals surface area (Å²) in [6, 6.07) is 4.09. The van der Waals surface area contributed by atoms with E-state index in [0.717, 1.165) is 0 Å². The smallest absolute Gasteiger partial charge is 0.461 e. The Morgan fingerprint density at radius 1 is 1.33 bits per heavy atom. The van der Waals surface area contributed by atoms with Gasteiger partial charge in [-0.2, -0.15) is 0 Å². The molecule has 0 fully saturated rings. The van der Waals surface area contributed by atoms with Crippen LogP contribution in [-0.2, 0) is 17.8 Å². The van der Waals surface area contributed by atoms with E-state index in [1.54, 1.807) is 22.7 Å². The maximum absolute atomic E-state index is 12.8. The van der Waals surface area contributed by atoms with E-state index in [-0.39, 0.29) is 41.3 Å². The van der Waals surface area contributed by atoms with Gasteiger partial charge in [-0.1, -0.05) is 6.07 Å². The fourth-order valence-corrected chi connectivity index (χ4v) is 3.03. The molecule has 1 aromatic carbocycles. The first-order valence-electron chi connectivity index (χ1n) is 8.42. The van der Waals surface area contributed by atoms with Gasteiger partial charge in [-0.25, -0.2) is 9.78 Å². The highest BCUT2D eigenvalue weighted by Gasteiger charge is 2.28. The van der Waals surface area contributed by atoms with Gasteiger partial charge in [0.2, 0.25) is 0 Å². The molecule has 0 atom stereocenters. The third-order valence-corrected chi connectivity index (χ3v) is 4.39. The molecule has 3 rings (SSSR count). The number of fused-ring (bicyclic) bond motifs is 1. The van der Waals surface area contributed by atoms with Crippen LogP contribution in [0, 0.1) is 0 Å². The predicted octanol–water partition coefficient (Wildman–Crippen LogP) is -0.792. The summed E-state index contributed by atoms with van der Waals surface area (Å²) in [5.74, 6) is -0.871. The van der Waals surface area contributed by atoms with E-state index in [1.165, 1.54) is 18.2 Å². The third-order valence-electron chi connectivity index (χ3n) is 4.39. The zero-order valence-electron chi connectivity index (χ0n) is 14.7. The van der Waals surface area contributed by atoms with Gasteiger partial charge in [0.05, 0.1) is 25.2 Å². The zero-order chi connectivity index (χ0) is 19.6. The van der Waals surface area contributed by atoms with Gasteiger partial charge in [0.15, 0.2) is 5.69 Å². The SMILES string of the molecule is CCOC(=O)c1ncn2c1CN(C(=O)c1ccc(B(O)O)c(C=O)c1)CC2. The molecule has 0 bridgehead atoms. The Hall–Kier alpha value is -2.98. The van der Waals surface area contributed by atoms with Gasteiger partial charge in [0.25, 0.3) is 5.91 Å². The van der Waals surface area contributed by atoms with E-state index >= 15 is 0 Å². The summed E-state index contributed by atoms with van der Waals surface area (Å²) in [5, 5.41) is 18.5. The number of benzene rings is 1. The molecule has 0 unspecified atom stereocenters. The highest BCUT2D eigenvalue weighted by Crippen LogP contribution is 2.19. The quantitative estimate of drug-likeness (QED) is 0.401. The van der Waals surface area contributed by atoms with Crippen molar-refractivity contribution in [2.24, 2.45) is 0 Å². The lowest BCUT2D eigenvalue weighted by Gasteiger charge is -2.28. The lowest BCUT2D eigenvalue weighted by Crippen LogP contribution is -2.39. The minimum absolute atomic E-state index is 0.0304. The number of hydrogen-bond acceptors (Lipinski definition) is 7. The van der Waals surface area contributed by atoms with Crippen LogP contribution in [0.5, 0.6) is 0 Å². The number of amides is 1. The van der Waals surface area contributed by atoms with Crippen molar-refractivity contribution in [2.45, 2.75) is 20.0 Å². The van der Waals surface area contributed by atoms with Crippen molar-refractivity contribution in [1.82, 2.24) is 14.5 Å². The molecule has 0 saturated carbocycles. The van der Waals surface area contributed by atoms with Crippen LogP contribution < -0.4 is 5.46 Å². The normalized spacial score (nSPS) is 13.1. The monoisotopic (exact) mass is 371 g/mol. The summed E-state index contributed by atoms with van der Waals surface area (Å²) in [6.07, 6.45) is 2.01. The van der Waals surface area contributed by atoms with Crippen molar-refractivity contribution in [3.8, 4) is 0 Å². The summed E-state index contributed by atoms with van der Waals surface area (Å²) in [4.78, 5) is 41.7. The van der Waals surface area contributed by atoms with Crippen LogP contribution in [0.15, 0.2) is 24.5 Å². The first kappa shape index (κ1) is 18.8. The number of rotatable bonds is 5. The van der Waals surface area contributed by atoms with Crippen molar-refractivity contribution in [3.63, 3.8) is 0 Å². The molecule has 2 N–H and O–H groups in total. The van der Waals surface area contributed by atoms with Crippen LogP contribution in [0.3, 0.4) is 0 Å². The Bertz CT molecular complexity index is 895. The highest BCUT2D eigenvalue weighted by atomic mass is 16.5. The average Bonchev–Trinajstić information content (AvgIpc) is 3.10. The number of nitrogens with zero attached hydrogens (tertiary/aromatic N) is 3. The molecule has 1 aliphatic heterocycles. The van der Waals surface area contributed by atoms with Crippen LogP contribution in [0.1, 0.15) is 43.8 Å². The second kappa shape index (κ2) is 7.72. The van der Waals surface area contributed by atoms with Gasteiger partial charge in [-0.3, -0.25) is 9.59 Å². The number of esters is 1. The standard InChI is InChI=1S/C17H18BN3O6/c1-2-27-17(24)15-14-8-20(5-6-21(14)10-19-15)16(23)11-3-4-13(18(25)26)12(7-11)9-22/h3-4,7,9-10,25-26H,2,5-6,8H2,1H3. The number of aldehydes is 1. The summed E-state index contributed by atoms with van der Waals surface area (Å²) < 4.78 is 6.80. The fraction of sp³-hybridized carbons (Fsp3) is 0.294. The van der Waals surface area contributed by atoms with E-state index in [4.69, 9.17) is 4.74 Å². The minimum atomic E-state index is -1.80. The lowest BCUT2D eigenvalue weighted by atomic mass is 9.77. The Morgan fingerprint density at radius 2 is 2.11 bits per heavy atom. The number of hydrogen-bond donors (Lipinski definition) is 2. The predicted molar refractivity (Wildman–Crippen MR) is 94.6 cm³/mol. The molecular weight excluding hydrogens is 353 g/mol. The minimum Gasteiger partial charge on any atom is -0.461 e. The number of imidazole rings is 1. The van der Waals surface area contributed by atoms with E-state index in [0.29, 0.717) is 25.1 Å². The van der Waals surface area contributed by atoms with Gasteiger partial charge in [-0.05, 0) is 24.5 Å². The second-order valence-corrected chi connectivity index (χ2v) is 6.02. The van der Waals surface area contributed by atoms with Crippen LogP contribution in [0.25, 0.3) is 0 Å². The third kappa shape index (κ3) is 3.62.